The van der Waals surface area contributed by atoms with Crippen LogP contribution in [0.5, 0.6) is 11.5 Å². The Morgan fingerprint density at radius 3 is 2.31 bits per heavy atom. The second-order valence-electron chi connectivity index (χ2n) is 9.80. The molecule has 12 heteroatoms. The number of amidine groups is 2. The monoisotopic (exact) mass is 611 g/mol. The Morgan fingerprint density at radius 2 is 1.67 bits per heavy atom. The highest BCUT2D eigenvalue weighted by atomic mass is 35.5. The molecule has 222 valence electrons. The van der Waals surface area contributed by atoms with Crippen LogP contribution in [0.4, 0.5) is 5.69 Å². The first-order valence-corrected chi connectivity index (χ1v) is 13.2. The zero-order chi connectivity index (χ0) is 28.1. The Hall–Kier alpha value is -4.28. The molecule has 1 fully saturated rings. The quantitative estimate of drug-likeness (QED) is 0.151. The number of nitrogens with two attached hydrogens (primary N) is 1. The summed E-state index contributed by atoms with van der Waals surface area (Å²) in [5.74, 6) is 2.37. The molecule has 1 amide bonds. The summed E-state index contributed by atoms with van der Waals surface area (Å²) in [7, 11) is 0. The largest absolute Gasteiger partial charge is 0.490 e. The number of amides is 1. The van der Waals surface area contributed by atoms with Gasteiger partial charge >= 0.3 is 0 Å². The Labute approximate surface area is 257 Å². The standard InChI is InChI=1S/C30H33N7O3.2ClH/c1-20(31)36-15-13-25(14-16-36)40-24-10-8-23(9-11-24)39-19-28-35-26-17-21(30(32)33)7-12-27(26)37(28)18-29(38)34-22-5-3-2-4-6-22;;/h2-12,17,25,31H,13-16,18-19H2,1H3,(H3,32,33)(H,34,38);2*1H. The summed E-state index contributed by atoms with van der Waals surface area (Å²) in [6, 6.07) is 22.1. The van der Waals surface area contributed by atoms with E-state index in [-0.39, 0.29) is 55.8 Å². The maximum atomic E-state index is 12.9. The first-order chi connectivity index (χ1) is 19.4. The van der Waals surface area contributed by atoms with E-state index in [1.807, 2.05) is 72.2 Å². The van der Waals surface area contributed by atoms with Crippen LogP contribution >= 0.6 is 24.8 Å². The van der Waals surface area contributed by atoms with Crippen molar-refractivity contribution in [2.75, 3.05) is 18.4 Å². The molecule has 1 aliphatic heterocycles. The number of piperidine rings is 1. The van der Waals surface area contributed by atoms with Crippen LogP contribution in [0, 0.1) is 10.8 Å². The molecule has 10 nitrogen and oxygen atoms in total. The molecule has 0 atom stereocenters. The zero-order valence-corrected chi connectivity index (χ0v) is 24.8. The predicted octanol–water partition coefficient (Wildman–Crippen LogP) is 5.22. The number of rotatable bonds is 9. The molecule has 42 heavy (non-hydrogen) atoms. The number of hydrogen-bond donors (Lipinski definition) is 4. The number of nitrogens with zero attached hydrogens (tertiary/aromatic N) is 3. The lowest BCUT2D eigenvalue weighted by Crippen LogP contribution is -2.40. The molecule has 0 bridgehead atoms. The average Bonchev–Trinajstić information content (AvgIpc) is 3.29. The molecule has 0 unspecified atom stereocenters. The number of carbonyl (C=O) groups is 1. The van der Waals surface area contributed by atoms with Crippen LogP contribution in [0.15, 0.2) is 72.8 Å². The van der Waals surface area contributed by atoms with Crippen LogP contribution in [0.2, 0.25) is 0 Å². The molecule has 5 rings (SSSR count). The minimum absolute atomic E-state index is 0. The third-order valence-corrected chi connectivity index (χ3v) is 6.91. The van der Waals surface area contributed by atoms with E-state index in [2.05, 4.69) is 10.2 Å². The molecule has 0 radical (unpaired) electrons. The van der Waals surface area contributed by atoms with Gasteiger partial charge in [-0.15, -0.1) is 24.8 Å². The number of nitrogen functional groups attached to an aromatic ring is 1. The second-order valence-corrected chi connectivity index (χ2v) is 9.80. The van der Waals surface area contributed by atoms with Crippen molar-refractivity contribution in [1.29, 1.82) is 10.8 Å². The number of ether oxygens (including phenoxy) is 2. The maximum Gasteiger partial charge on any atom is 0.244 e. The van der Waals surface area contributed by atoms with Crippen molar-refractivity contribution in [3.63, 3.8) is 0 Å². The molecule has 1 aromatic heterocycles. The SMILES string of the molecule is CC(=N)N1CCC(Oc2ccc(OCc3nc4cc(C(=N)N)ccc4n3CC(=O)Nc3ccccc3)cc2)CC1.Cl.Cl. The summed E-state index contributed by atoms with van der Waals surface area (Å²) in [6.45, 7) is 3.67. The van der Waals surface area contributed by atoms with Crippen LogP contribution in [0.1, 0.15) is 31.2 Å². The Balaban J connectivity index is 0.00000242. The van der Waals surface area contributed by atoms with E-state index in [0.717, 1.165) is 37.2 Å². The molecule has 2 heterocycles. The van der Waals surface area contributed by atoms with Crippen LogP contribution in [0.3, 0.4) is 0 Å². The van der Waals surface area contributed by atoms with E-state index in [0.29, 0.717) is 34.2 Å². The van der Waals surface area contributed by atoms with Crippen molar-refractivity contribution in [1.82, 2.24) is 14.5 Å². The summed E-state index contributed by atoms with van der Waals surface area (Å²) in [5, 5.41) is 18.5. The minimum Gasteiger partial charge on any atom is -0.490 e. The molecule has 0 saturated carbocycles. The fourth-order valence-electron chi connectivity index (χ4n) is 4.76. The summed E-state index contributed by atoms with van der Waals surface area (Å²) in [6.07, 6.45) is 1.89. The number of nitrogens with one attached hydrogen (secondary N) is 3. The number of anilines is 1. The number of fused-ring (bicyclic) bond motifs is 1. The van der Waals surface area contributed by atoms with Gasteiger partial charge in [0.25, 0.3) is 0 Å². The molecular weight excluding hydrogens is 577 g/mol. The molecule has 0 spiro atoms. The van der Waals surface area contributed by atoms with Gasteiger partial charge in [0.1, 0.15) is 42.4 Å². The van der Waals surface area contributed by atoms with Crippen LogP contribution in [0.25, 0.3) is 11.0 Å². The van der Waals surface area contributed by atoms with E-state index in [4.69, 9.17) is 31.0 Å². The number of aromatic nitrogens is 2. The number of carbonyl (C=O) groups excluding carboxylic acids is 1. The smallest absolute Gasteiger partial charge is 0.244 e. The fraction of sp³-hybridized carbons (Fsp3) is 0.267. The number of para-hydroxylation sites is 1. The van der Waals surface area contributed by atoms with E-state index >= 15 is 0 Å². The molecule has 3 aromatic carbocycles. The zero-order valence-electron chi connectivity index (χ0n) is 23.2. The van der Waals surface area contributed by atoms with E-state index in [1.165, 1.54) is 0 Å². The van der Waals surface area contributed by atoms with Gasteiger partial charge in [-0.25, -0.2) is 4.98 Å². The topological polar surface area (TPSA) is 142 Å². The summed E-state index contributed by atoms with van der Waals surface area (Å²) in [4.78, 5) is 19.7. The molecule has 5 N–H and O–H groups in total. The Morgan fingerprint density at radius 1 is 1.00 bits per heavy atom. The number of imidazole rings is 1. The van der Waals surface area contributed by atoms with Crippen molar-refractivity contribution in [2.45, 2.75) is 39.0 Å². The van der Waals surface area contributed by atoms with E-state index in [1.54, 1.807) is 12.1 Å². The van der Waals surface area contributed by atoms with Crippen LogP contribution < -0.4 is 20.5 Å². The lowest BCUT2D eigenvalue weighted by molar-refractivity contribution is -0.116. The molecular formula is C30H35Cl2N7O3. The van der Waals surface area contributed by atoms with E-state index < -0.39 is 0 Å². The predicted molar refractivity (Wildman–Crippen MR) is 170 cm³/mol. The van der Waals surface area contributed by atoms with Gasteiger partial charge in [0.05, 0.1) is 16.9 Å². The van der Waals surface area contributed by atoms with Crippen molar-refractivity contribution < 1.29 is 14.3 Å². The summed E-state index contributed by atoms with van der Waals surface area (Å²) >= 11 is 0. The third kappa shape index (κ3) is 7.92. The molecule has 4 aromatic rings. The van der Waals surface area contributed by atoms with Gasteiger partial charge in [-0.2, -0.15) is 0 Å². The van der Waals surface area contributed by atoms with Gasteiger partial charge < -0.3 is 30.0 Å². The maximum absolute atomic E-state index is 12.9. The molecule has 1 saturated heterocycles. The molecule has 0 aliphatic carbocycles. The van der Waals surface area contributed by atoms with Gasteiger partial charge in [-0.05, 0) is 61.5 Å². The lowest BCUT2D eigenvalue weighted by Gasteiger charge is -2.32. The highest BCUT2D eigenvalue weighted by Crippen LogP contribution is 2.24. The first-order valence-electron chi connectivity index (χ1n) is 13.2. The van der Waals surface area contributed by atoms with Gasteiger partial charge in [0.2, 0.25) is 5.91 Å². The average molecular weight is 613 g/mol. The van der Waals surface area contributed by atoms with Gasteiger partial charge in [0, 0.05) is 37.2 Å². The lowest BCUT2D eigenvalue weighted by atomic mass is 10.1. The minimum atomic E-state index is -0.189. The number of likely N-dealkylation sites (tertiary alicyclic amines) is 1. The second kappa shape index (κ2) is 14.6. The summed E-state index contributed by atoms with van der Waals surface area (Å²) < 4.78 is 14.0. The van der Waals surface area contributed by atoms with Gasteiger partial charge in [0.15, 0.2) is 0 Å². The number of halogens is 2. The molecule has 1 aliphatic rings. The van der Waals surface area contributed by atoms with Crippen molar-refractivity contribution >= 4 is 59.1 Å². The highest BCUT2D eigenvalue weighted by Gasteiger charge is 2.21. The first kappa shape index (κ1) is 32.2. The summed E-state index contributed by atoms with van der Waals surface area (Å²) in [5.41, 5.74) is 8.34. The van der Waals surface area contributed by atoms with E-state index in [9.17, 15) is 4.79 Å². The van der Waals surface area contributed by atoms with Gasteiger partial charge in [-0.1, -0.05) is 18.2 Å². The van der Waals surface area contributed by atoms with Crippen LogP contribution in [-0.2, 0) is 17.9 Å². The Kier molecular flexibility index (Phi) is 11.2. The van der Waals surface area contributed by atoms with Gasteiger partial charge in [-0.3, -0.25) is 15.6 Å². The fourth-order valence-corrected chi connectivity index (χ4v) is 4.76. The normalized spacial score (nSPS) is 13.0. The van der Waals surface area contributed by atoms with Crippen LogP contribution in [-0.4, -0.2) is 51.2 Å². The van der Waals surface area contributed by atoms with Crippen molar-refractivity contribution in [2.24, 2.45) is 5.73 Å². The Bertz CT molecular complexity index is 1520. The van der Waals surface area contributed by atoms with Crippen molar-refractivity contribution in [3.05, 3.63) is 84.2 Å². The third-order valence-electron chi connectivity index (χ3n) is 6.91. The number of benzene rings is 3. The number of hydrogen-bond acceptors (Lipinski definition) is 6. The highest BCUT2D eigenvalue weighted by molar-refractivity contribution is 5.98. The van der Waals surface area contributed by atoms with Crippen molar-refractivity contribution in [3.8, 4) is 11.5 Å².